The number of carbonyl (C=O) groups excluding carboxylic acids is 1. The van der Waals surface area contributed by atoms with Gasteiger partial charge in [0.2, 0.25) is 0 Å². The summed E-state index contributed by atoms with van der Waals surface area (Å²) in [5.74, 6) is -0.487. The summed E-state index contributed by atoms with van der Waals surface area (Å²) >= 11 is 0. The molecule has 0 spiro atoms. The van der Waals surface area contributed by atoms with Crippen molar-refractivity contribution in [2.45, 2.75) is 20.1 Å². The third kappa shape index (κ3) is 2.58. The summed E-state index contributed by atoms with van der Waals surface area (Å²) in [5.41, 5.74) is 0. The SMILES string of the molecule is CO[C@H](O)[C@@H](C)C(C)=O. The maximum atomic E-state index is 10.5. The van der Waals surface area contributed by atoms with Gasteiger partial charge < -0.3 is 9.84 Å². The topological polar surface area (TPSA) is 46.5 Å². The number of carbonyl (C=O) groups is 1. The number of aliphatic hydroxyl groups excluding tert-OH is 1. The molecular weight excluding hydrogens is 120 g/mol. The lowest BCUT2D eigenvalue weighted by Crippen LogP contribution is -2.25. The summed E-state index contributed by atoms with van der Waals surface area (Å²) in [6.45, 7) is 3.05. The molecule has 0 fully saturated rings. The molecule has 0 radical (unpaired) electrons. The Balaban J connectivity index is 3.72. The molecule has 0 saturated heterocycles. The van der Waals surface area contributed by atoms with Gasteiger partial charge in [0.15, 0.2) is 6.29 Å². The van der Waals surface area contributed by atoms with Gasteiger partial charge in [0.1, 0.15) is 5.78 Å². The summed E-state index contributed by atoms with van der Waals surface area (Å²) in [7, 11) is 1.37. The van der Waals surface area contributed by atoms with E-state index in [1.807, 2.05) is 0 Å². The number of ketones is 1. The molecule has 0 amide bonds. The largest absolute Gasteiger partial charge is 0.367 e. The van der Waals surface area contributed by atoms with Crippen LogP contribution >= 0.6 is 0 Å². The van der Waals surface area contributed by atoms with Crippen molar-refractivity contribution in [1.29, 1.82) is 0 Å². The van der Waals surface area contributed by atoms with Crippen molar-refractivity contribution in [3.05, 3.63) is 0 Å². The average molecular weight is 132 g/mol. The molecule has 0 aliphatic rings. The Morgan fingerprint density at radius 1 is 1.67 bits per heavy atom. The van der Waals surface area contributed by atoms with Crippen molar-refractivity contribution in [2.75, 3.05) is 7.11 Å². The maximum Gasteiger partial charge on any atom is 0.163 e. The van der Waals surface area contributed by atoms with E-state index in [1.54, 1.807) is 6.92 Å². The minimum atomic E-state index is -0.956. The van der Waals surface area contributed by atoms with Crippen molar-refractivity contribution in [1.82, 2.24) is 0 Å². The van der Waals surface area contributed by atoms with Crippen LogP contribution in [-0.4, -0.2) is 24.3 Å². The number of Topliss-reactive ketones (excluding diaryl/α,β-unsaturated/α-hetero) is 1. The van der Waals surface area contributed by atoms with E-state index < -0.39 is 12.2 Å². The fourth-order valence-electron chi connectivity index (χ4n) is 0.405. The number of hydrogen-bond acceptors (Lipinski definition) is 3. The van der Waals surface area contributed by atoms with Crippen LogP contribution in [0.15, 0.2) is 0 Å². The predicted molar refractivity (Wildman–Crippen MR) is 32.9 cm³/mol. The Labute approximate surface area is 54.6 Å². The van der Waals surface area contributed by atoms with Crippen LogP contribution in [-0.2, 0) is 9.53 Å². The highest BCUT2D eigenvalue weighted by molar-refractivity contribution is 5.78. The zero-order chi connectivity index (χ0) is 7.44. The molecule has 0 aromatic heterocycles. The molecule has 2 atom stereocenters. The molecular formula is C6H12O3. The van der Waals surface area contributed by atoms with Gasteiger partial charge in [0, 0.05) is 7.11 Å². The van der Waals surface area contributed by atoms with E-state index >= 15 is 0 Å². The molecule has 3 nitrogen and oxygen atoms in total. The second kappa shape index (κ2) is 3.58. The summed E-state index contributed by atoms with van der Waals surface area (Å²) in [4.78, 5) is 10.5. The zero-order valence-electron chi connectivity index (χ0n) is 5.92. The minimum Gasteiger partial charge on any atom is -0.367 e. The fraction of sp³-hybridized carbons (Fsp3) is 0.833. The number of rotatable bonds is 3. The van der Waals surface area contributed by atoms with Crippen LogP contribution in [0.25, 0.3) is 0 Å². The van der Waals surface area contributed by atoms with Gasteiger partial charge in [0.05, 0.1) is 5.92 Å². The van der Waals surface area contributed by atoms with Gasteiger partial charge in [-0.2, -0.15) is 0 Å². The van der Waals surface area contributed by atoms with E-state index in [2.05, 4.69) is 4.74 Å². The highest BCUT2D eigenvalue weighted by atomic mass is 16.6. The minimum absolute atomic E-state index is 0.0654. The van der Waals surface area contributed by atoms with E-state index in [0.29, 0.717) is 0 Å². The summed E-state index contributed by atoms with van der Waals surface area (Å²) < 4.78 is 4.51. The molecule has 0 aliphatic carbocycles. The molecule has 0 aliphatic heterocycles. The zero-order valence-corrected chi connectivity index (χ0v) is 5.92. The smallest absolute Gasteiger partial charge is 0.163 e. The monoisotopic (exact) mass is 132 g/mol. The second-order valence-corrected chi connectivity index (χ2v) is 2.03. The Bertz CT molecular complexity index is 100. The van der Waals surface area contributed by atoms with E-state index in [4.69, 9.17) is 5.11 Å². The first-order valence-electron chi connectivity index (χ1n) is 2.81. The van der Waals surface area contributed by atoms with Crippen molar-refractivity contribution >= 4 is 5.78 Å². The molecule has 0 unspecified atom stereocenters. The quantitative estimate of drug-likeness (QED) is 0.557. The van der Waals surface area contributed by atoms with E-state index in [-0.39, 0.29) is 5.78 Å². The molecule has 0 aromatic carbocycles. The van der Waals surface area contributed by atoms with Gasteiger partial charge in [0.25, 0.3) is 0 Å². The predicted octanol–water partition coefficient (Wildman–Crippen LogP) is 0.176. The van der Waals surface area contributed by atoms with Crippen molar-refractivity contribution in [3.63, 3.8) is 0 Å². The summed E-state index contributed by atoms with van der Waals surface area (Å²) in [6, 6.07) is 0. The van der Waals surface area contributed by atoms with Gasteiger partial charge >= 0.3 is 0 Å². The number of methoxy groups -OCH3 is 1. The highest BCUT2D eigenvalue weighted by Gasteiger charge is 2.16. The van der Waals surface area contributed by atoms with Gasteiger partial charge in [-0.1, -0.05) is 6.92 Å². The Hall–Kier alpha value is -0.410. The third-order valence-corrected chi connectivity index (χ3v) is 1.31. The van der Waals surface area contributed by atoms with Gasteiger partial charge in [-0.05, 0) is 6.92 Å². The summed E-state index contributed by atoms with van der Waals surface area (Å²) in [5, 5.41) is 8.85. The van der Waals surface area contributed by atoms with Gasteiger partial charge in [-0.25, -0.2) is 0 Å². The van der Waals surface area contributed by atoms with Crippen molar-refractivity contribution in [2.24, 2.45) is 5.92 Å². The summed E-state index contributed by atoms with van der Waals surface area (Å²) in [6.07, 6.45) is -0.956. The lowest BCUT2D eigenvalue weighted by molar-refractivity contribution is -0.142. The lowest BCUT2D eigenvalue weighted by atomic mass is 10.1. The van der Waals surface area contributed by atoms with Crippen molar-refractivity contribution < 1.29 is 14.6 Å². The maximum absolute atomic E-state index is 10.5. The van der Waals surface area contributed by atoms with Crippen LogP contribution in [0.2, 0.25) is 0 Å². The number of aliphatic hydroxyl groups is 1. The Kier molecular flexibility index (Phi) is 3.42. The Morgan fingerprint density at radius 3 is 2.22 bits per heavy atom. The highest BCUT2D eigenvalue weighted by Crippen LogP contribution is 2.03. The second-order valence-electron chi connectivity index (χ2n) is 2.03. The van der Waals surface area contributed by atoms with Crippen LogP contribution in [0.1, 0.15) is 13.8 Å². The normalized spacial score (nSPS) is 16.9. The van der Waals surface area contributed by atoms with E-state index in [9.17, 15) is 4.79 Å². The fourth-order valence-corrected chi connectivity index (χ4v) is 0.405. The Morgan fingerprint density at radius 2 is 2.11 bits per heavy atom. The molecule has 0 heterocycles. The van der Waals surface area contributed by atoms with Crippen molar-refractivity contribution in [3.8, 4) is 0 Å². The first-order valence-corrected chi connectivity index (χ1v) is 2.81. The van der Waals surface area contributed by atoms with Crippen LogP contribution in [0.4, 0.5) is 0 Å². The first-order chi connectivity index (χ1) is 4.09. The van der Waals surface area contributed by atoms with Crippen LogP contribution in [0, 0.1) is 5.92 Å². The van der Waals surface area contributed by atoms with Crippen LogP contribution in [0.3, 0.4) is 0 Å². The molecule has 3 heteroatoms. The standard InChI is InChI=1S/C6H12O3/c1-4(5(2)7)6(8)9-3/h4,6,8H,1-3H3/t4-,6-/m0/s1. The first kappa shape index (κ1) is 8.59. The number of ether oxygens (including phenoxy) is 1. The molecule has 54 valence electrons. The van der Waals surface area contributed by atoms with E-state index in [0.717, 1.165) is 0 Å². The molecule has 0 saturated carbocycles. The molecule has 9 heavy (non-hydrogen) atoms. The molecule has 0 bridgehead atoms. The third-order valence-electron chi connectivity index (χ3n) is 1.31. The molecule has 0 aromatic rings. The lowest BCUT2D eigenvalue weighted by Gasteiger charge is -2.12. The number of hydrogen-bond donors (Lipinski definition) is 1. The van der Waals surface area contributed by atoms with E-state index in [1.165, 1.54) is 14.0 Å². The van der Waals surface area contributed by atoms with Gasteiger partial charge in [-0.3, -0.25) is 4.79 Å². The van der Waals surface area contributed by atoms with Crippen LogP contribution in [0.5, 0.6) is 0 Å². The molecule has 1 N–H and O–H groups in total. The molecule has 0 rings (SSSR count). The van der Waals surface area contributed by atoms with Crippen LogP contribution < -0.4 is 0 Å². The van der Waals surface area contributed by atoms with Gasteiger partial charge in [-0.15, -0.1) is 0 Å². The average Bonchev–Trinajstić information content (AvgIpc) is 1.84.